The van der Waals surface area contributed by atoms with Crippen molar-refractivity contribution in [1.29, 1.82) is 0 Å². The van der Waals surface area contributed by atoms with E-state index in [1.54, 1.807) is 25.1 Å². The first-order valence-corrected chi connectivity index (χ1v) is 7.81. The Bertz CT molecular complexity index is 670. The fourth-order valence-corrected chi connectivity index (χ4v) is 2.50. The molecule has 1 aromatic carbocycles. The van der Waals surface area contributed by atoms with Crippen molar-refractivity contribution in [3.63, 3.8) is 0 Å². The van der Waals surface area contributed by atoms with Crippen LogP contribution in [-0.4, -0.2) is 39.0 Å². The van der Waals surface area contributed by atoms with Crippen LogP contribution in [-0.2, 0) is 19.6 Å². The third kappa shape index (κ3) is 5.85. The molecule has 0 unspecified atom stereocenters. The van der Waals surface area contributed by atoms with Crippen molar-refractivity contribution in [3.05, 3.63) is 29.3 Å². The first-order chi connectivity index (χ1) is 9.88. The molecule has 0 fully saturated rings. The van der Waals surface area contributed by atoms with E-state index >= 15 is 0 Å². The minimum atomic E-state index is -3.79. The second-order valence-corrected chi connectivity index (χ2v) is 5.96. The summed E-state index contributed by atoms with van der Waals surface area (Å²) >= 11 is 0. The molecule has 0 saturated heterocycles. The Morgan fingerprint density at radius 2 is 2.14 bits per heavy atom. The zero-order valence-electron chi connectivity index (χ0n) is 11.8. The Morgan fingerprint density at radius 3 is 2.71 bits per heavy atom. The standard InChI is InChI=1S/C14H17NO5S/c1-11-9-13(7-6-12(11)5-3-4-8-16)15-21(18,19)10-14(17)20-2/h6-7,9,15-16H,4,8,10H2,1-2H3. The van der Waals surface area contributed by atoms with Crippen LogP contribution >= 0.6 is 0 Å². The number of methoxy groups -OCH3 is 1. The van der Waals surface area contributed by atoms with Gasteiger partial charge in [0.2, 0.25) is 10.0 Å². The number of anilines is 1. The van der Waals surface area contributed by atoms with Gasteiger partial charge in [-0.2, -0.15) is 0 Å². The van der Waals surface area contributed by atoms with Gasteiger partial charge in [-0.3, -0.25) is 9.52 Å². The maximum absolute atomic E-state index is 11.7. The van der Waals surface area contributed by atoms with Gasteiger partial charge in [-0.25, -0.2) is 8.42 Å². The van der Waals surface area contributed by atoms with Crippen molar-refractivity contribution in [1.82, 2.24) is 0 Å². The number of aliphatic hydroxyl groups is 1. The summed E-state index contributed by atoms with van der Waals surface area (Å²) in [5.41, 5.74) is 1.89. The molecule has 6 nitrogen and oxygen atoms in total. The molecule has 0 aliphatic carbocycles. The molecule has 0 bridgehead atoms. The fourth-order valence-electron chi connectivity index (χ4n) is 1.51. The van der Waals surface area contributed by atoms with Crippen LogP contribution in [0.4, 0.5) is 5.69 Å². The first-order valence-electron chi connectivity index (χ1n) is 6.15. The van der Waals surface area contributed by atoms with Crippen molar-refractivity contribution in [3.8, 4) is 11.8 Å². The summed E-state index contributed by atoms with van der Waals surface area (Å²) < 4.78 is 30.0. The van der Waals surface area contributed by atoms with E-state index in [1.165, 1.54) is 0 Å². The average Bonchev–Trinajstić information content (AvgIpc) is 2.40. The molecular weight excluding hydrogens is 294 g/mol. The van der Waals surface area contributed by atoms with Gasteiger partial charge in [0.25, 0.3) is 0 Å². The van der Waals surface area contributed by atoms with Crippen LogP contribution in [0.25, 0.3) is 0 Å². The van der Waals surface area contributed by atoms with Crippen LogP contribution in [0.2, 0.25) is 0 Å². The lowest BCUT2D eigenvalue weighted by Crippen LogP contribution is -2.23. The molecule has 0 amide bonds. The number of carbonyl (C=O) groups is 1. The topological polar surface area (TPSA) is 92.7 Å². The maximum atomic E-state index is 11.7. The van der Waals surface area contributed by atoms with Gasteiger partial charge in [0, 0.05) is 17.7 Å². The van der Waals surface area contributed by atoms with Crippen LogP contribution in [0.5, 0.6) is 0 Å². The minimum Gasteiger partial charge on any atom is -0.468 e. The first kappa shape index (κ1) is 17.0. The summed E-state index contributed by atoms with van der Waals surface area (Å²) in [6.45, 7) is 1.79. The van der Waals surface area contributed by atoms with Crippen molar-refractivity contribution < 1.29 is 23.1 Å². The summed E-state index contributed by atoms with van der Waals surface area (Å²) in [7, 11) is -2.66. The number of rotatable bonds is 5. The smallest absolute Gasteiger partial charge is 0.322 e. The number of esters is 1. The van der Waals surface area contributed by atoms with E-state index in [0.717, 1.165) is 18.2 Å². The number of sulfonamides is 1. The van der Waals surface area contributed by atoms with Crippen LogP contribution in [0.1, 0.15) is 17.5 Å². The predicted octanol–water partition coefficient (Wildman–Crippen LogP) is 0.644. The molecule has 1 aromatic rings. The Hall–Kier alpha value is -2.04. The number of hydrogen-bond acceptors (Lipinski definition) is 5. The molecule has 0 radical (unpaired) electrons. The second-order valence-electron chi connectivity index (χ2n) is 4.24. The summed E-state index contributed by atoms with van der Waals surface area (Å²) in [6, 6.07) is 4.86. The van der Waals surface area contributed by atoms with Gasteiger partial charge in [0.1, 0.15) is 0 Å². The molecule has 1 rings (SSSR count). The molecule has 7 heteroatoms. The van der Waals surface area contributed by atoms with Gasteiger partial charge in [0.15, 0.2) is 5.75 Å². The third-order valence-electron chi connectivity index (χ3n) is 2.50. The van der Waals surface area contributed by atoms with Crippen LogP contribution in [0, 0.1) is 18.8 Å². The van der Waals surface area contributed by atoms with Crippen molar-refractivity contribution >= 4 is 21.7 Å². The number of nitrogens with one attached hydrogen (secondary N) is 1. The third-order valence-corrected chi connectivity index (χ3v) is 3.66. The van der Waals surface area contributed by atoms with Gasteiger partial charge in [-0.05, 0) is 30.7 Å². The van der Waals surface area contributed by atoms with Crippen molar-refractivity contribution in [2.24, 2.45) is 0 Å². The monoisotopic (exact) mass is 311 g/mol. The lowest BCUT2D eigenvalue weighted by atomic mass is 10.1. The van der Waals surface area contributed by atoms with E-state index in [-0.39, 0.29) is 6.61 Å². The highest BCUT2D eigenvalue weighted by molar-refractivity contribution is 7.93. The molecule has 21 heavy (non-hydrogen) atoms. The molecule has 0 atom stereocenters. The van der Waals surface area contributed by atoms with Gasteiger partial charge in [0.05, 0.1) is 13.7 Å². The number of aryl methyl sites for hydroxylation is 1. The van der Waals surface area contributed by atoms with Crippen LogP contribution in [0.15, 0.2) is 18.2 Å². The normalized spacial score (nSPS) is 10.4. The number of ether oxygens (including phenoxy) is 1. The molecule has 0 aliphatic heterocycles. The molecule has 0 heterocycles. The van der Waals surface area contributed by atoms with Gasteiger partial charge >= 0.3 is 5.97 Å². The van der Waals surface area contributed by atoms with E-state index in [0.29, 0.717) is 12.1 Å². The van der Waals surface area contributed by atoms with E-state index in [4.69, 9.17) is 5.11 Å². The quantitative estimate of drug-likeness (QED) is 0.615. The number of hydrogen-bond donors (Lipinski definition) is 2. The van der Waals surface area contributed by atoms with E-state index < -0.39 is 21.7 Å². The number of aliphatic hydroxyl groups excluding tert-OH is 1. The fraction of sp³-hybridized carbons (Fsp3) is 0.357. The van der Waals surface area contributed by atoms with Crippen molar-refractivity contribution in [2.45, 2.75) is 13.3 Å². The highest BCUT2D eigenvalue weighted by atomic mass is 32.2. The number of carbonyl (C=O) groups excluding carboxylic acids is 1. The SMILES string of the molecule is COC(=O)CS(=O)(=O)Nc1ccc(C#CCCO)c(C)c1. The van der Waals surface area contributed by atoms with Gasteiger partial charge < -0.3 is 9.84 Å². The van der Waals surface area contributed by atoms with Crippen LogP contribution in [0.3, 0.4) is 0 Å². The summed E-state index contributed by atoms with van der Waals surface area (Å²) in [5.74, 6) is 4.11. The Balaban J connectivity index is 2.85. The molecule has 0 saturated carbocycles. The predicted molar refractivity (Wildman–Crippen MR) is 79.2 cm³/mol. The highest BCUT2D eigenvalue weighted by Gasteiger charge is 2.17. The Labute approximate surface area is 124 Å². The highest BCUT2D eigenvalue weighted by Crippen LogP contribution is 2.16. The summed E-state index contributed by atoms with van der Waals surface area (Å²) in [5, 5.41) is 8.66. The number of benzene rings is 1. The zero-order chi connectivity index (χ0) is 15.9. The molecule has 114 valence electrons. The molecule has 0 aliphatic rings. The van der Waals surface area contributed by atoms with E-state index in [9.17, 15) is 13.2 Å². The summed E-state index contributed by atoms with van der Waals surface area (Å²) in [4.78, 5) is 11.0. The molecular formula is C14H17NO5S. The molecule has 0 aromatic heterocycles. The largest absolute Gasteiger partial charge is 0.468 e. The minimum absolute atomic E-state index is 0.00252. The Kier molecular flexibility index (Phi) is 6.21. The average molecular weight is 311 g/mol. The second kappa shape index (κ2) is 7.67. The maximum Gasteiger partial charge on any atom is 0.322 e. The lowest BCUT2D eigenvalue weighted by molar-refractivity contribution is -0.137. The van der Waals surface area contributed by atoms with Gasteiger partial charge in [-0.15, -0.1) is 0 Å². The summed E-state index contributed by atoms with van der Waals surface area (Å²) in [6.07, 6.45) is 0.382. The van der Waals surface area contributed by atoms with Gasteiger partial charge in [-0.1, -0.05) is 11.8 Å². The lowest BCUT2D eigenvalue weighted by Gasteiger charge is -2.08. The van der Waals surface area contributed by atoms with E-state index in [2.05, 4.69) is 21.3 Å². The van der Waals surface area contributed by atoms with E-state index in [1.807, 2.05) is 0 Å². The molecule has 0 spiro atoms. The zero-order valence-corrected chi connectivity index (χ0v) is 12.7. The van der Waals surface area contributed by atoms with Crippen LogP contribution < -0.4 is 4.72 Å². The Morgan fingerprint density at radius 1 is 1.43 bits per heavy atom. The van der Waals surface area contributed by atoms with Crippen molar-refractivity contribution in [2.75, 3.05) is 24.2 Å². The molecule has 2 N–H and O–H groups in total.